The first-order chi connectivity index (χ1) is 8.93. The molecule has 1 N–H and O–H groups in total. The Kier molecular flexibility index (Phi) is 3.90. The lowest BCUT2D eigenvalue weighted by atomic mass is 10.2. The Morgan fingerprint density at radius 3 is 3.22 bits per heavy atom. The molecule has 1 aromatic carbocycles. The second kappa shape index (κ2) is 5.80. The fourth-order valence-corrected chi connectivity index (χ4v) is 3.12. The molecule has 0 spiro atoms. The third-order valence-electron chi connectivity index (χ3n) is 3.13. The zero-order valence-corrected chi connectivity index (χ0v) is 11.0. The van der Waals surface area contributed by atoms with E-state index in [4.69, 9.17) is 9.47 Å². The molecule has 1 aliphatic heterocycles. The summed E-state index contributed by atoms with van der Waals surface area (Å²) in [5.41, 5.74) is 1.28. The van der Waals surface area contributed by atoms with Crippen molar-refractivity contribution in [1.82, 2.24) is 5.32 Å². The van der Waals surface area contributed by atoms with Crippen molar-refractivity contribution in [2.24, 2.45) is 0 Å². The van der Waals surface area contributed by atoms with Crippen molar-refractivity contribution < 1.29 is 9.47 Å². The number of hydrogen-bond donors (Lipinski definition) is 1. The maximum atomic E-state index is 5.77. The predicted molar refractivity (Wildman–Crippen MR) is 74.1 cm³/mol. The molecule has 1 saturated heterocycles. The highest BCUT2D eigenvalue weighted by Crippen LogP contribution is 2.26. The molecule has 0 saturated carbocycles. The number of rotatable bonds is 4. The zero-order chi connectivity index (χ0) is 12.2. The van der Waals surface area contributed by atoms with Crippen LogP contribution in [0, 0.1) is 0 Å². The van der Waals surface area contributed by atoms with Gasteiger partial charge in [0, 0.05) is 17.8 Å². The summed E-state index contributed by atoms with van der Waals surface area (Å²) < 4.78 is 12.7. The van der Waals surface area contributed by atoms with Crippen molar-refractivity contribution in [2.45, 2.75) is 12.7 Å². The molecule has 0 bridgehead atoms. The normalized spacial score (nSPS) is 20.3. The van der Waals surface area contributed by atoms with Crippen molar-refractivity contribution in [3.8, 4) is 0 Å². The molecular formula is C14H17NO2S. The van der Waals surface area contributed by atoms with Gasteiger partial charge in [0.15, 0.2) is 0 Å². The summed E-state index contributed by atoms with van der Waals surface area (Å²) in [7, 11) is 0. The lowest BCUT2D eigenvalue weighted by Gasteiger charge is -2.23. The summed E-state index contributed by atoms with van der Waals surface area (Å²) in [5, 5.41) is 6.80. The minimum Gasteiger partial charge on any atom is -0.374 e. The minimum atomic E-state index is 0.198. The molecule has 1 unspecified atom stereocenters. The van der Waals surface area contributed by atoms with E-state index in [0.717, 1.165) is 19.7 Å². The van der Waals surface area contributed by atoms with Gasteiger partial charge in [-0.2, -0.15) is 0 Å². The van der Waals surface area contributed by atoms with Crippen LogP contribution < -0.4 is 5.32 Å². The monoisotopic (exact) mass is 263 g/mol. The van der Waals surface area contributed by atoms with Crippen LogP contribution in [0.5, 0.6) is 0 Å². The van der Waals surface area contributed by atoms with Crippen molar-refractivity contribution in [3.05, 3.63) is 35.2 Å². The van der Waals surface area contributed by atoms with Crippen molar-refractivity contribution in [1.29, 1.82) is 0 Å². The Bertz CT molecular complexity index is 505. The summed E-state index contributed by atoms with van der Waals surface area (Å²) in [6.07, 6.45) is 0.198. The first-order valence-electron chi connectivity index (χ1n) is 6.28. The molecule has 3 nitrogen and oxygen atoms in total. The first-order valence-corrected chi connectivity index (χ1v) is 7.16. The highest BCUT2D eigenvalue weighted by Gasteiger charge is 2.13. The molecule has 1 atom stereocenters. The van der Waals surface area contributed by atoms with Gasteiger partial charge in [0.2, 0.25) is 0 Å². The Balaban J connectivity index is 1.56. The standard InChI is InChI=1S/C14H17NO2S/c1-2-4-14-13(3-1)11(10-18-14)8-16-9-12-7-15-5-6-17-12/h1-4,10,12,15H,5-9H2. The molecule has 3 rings (SSSR count). The van der Waals surface area contributed by atoms with E-state index in [2.05, 4.69) is 35.0 Å². The number of nitrogens with one attached hydrogen (secondary N) is 1. The van der Waals surface area contributed by atoms with Gasteiger partial charge in [-0.1, -0.05) is 18.2 Å². The number of ether oxygens (including phenoxy) is 2. The van der Waals surface area contributed by atoms with Crippen LogP contribution in [0.2, 0.25) is 0 Å². The van der Waals surface area contributed by atoms with Crippen molar-refractivity contribution in [2.75, 3.05) is 26.3 Å². The van der Waals surface area contributed by atoms with E-state index in [1.807, 2.05) is 0 Å². The summed E-state index contributed by atoms with van der Waals surface area (Å²) in [6, 6.07) is 8.46. The smallest absolute Gasteiger partial charge is 0.0933 e. The Labute approximate surface area is 111 Å². The van der Waals surface area contributed by atoms with E-state index in [9.17, 15) is 0 Å². The predicted octanol–water partition coefficient (Wildman–Crippen LogP) is 2.41. The van der Waals surface area contributed by atoms with E-state index in [-0.39, 0.29) is 6.10 Å². The van der Waals surface area contributed by atoms with Gasteiger partial charge in [-0.05, 0) is 22.4 Å². The average molecular weight is 263 g/mol. The maximum absolute atomic E-state index is 5.77. The topological polar surface area (TPSA) is 30.5 Å². The van der Waals surface area contributed by atoms with Crippen LogP contribution in [0.15, 0.2) is 29.6 Å². The molecular weight excluding hydrogens is 246 g/mol. The first kappa shape index (κ1) is 12.1. The summed E-state index contributed by atoms with van der Waals surface area (Å²) >= 11 is 1.78. The largest absolute Gasteiger partial charge is 0.374 e. The molecule has 0 aliphatic carbocycles. The molecule has 1 aromatic heterocycles. The van der Waals surface area contributed by atoms with Crippen molar-refractivity contribution in [3.63, 3.8) is 0 Å². The van der Waals surface area contributed by atoms with Crippen LogP contribution in [0.1, 0.15) is 5.56 Å². The Hall–Kier alpha value is -0.940. The van der Waals surface area contributed by atoms with Crippen LogP contribution in [-0.4, -0.2) is 32.4 Å². The SMILES string of the molecule is c1ccc2c(COCC3CNCCO3)csc2c1. The fraction of sp³-hybridized carbons (Fsp3) is 0.429. The van der Waals surface area contributed by atoms with E-state index < -0.39 is 0 Å². The molecule has 1 aliphatic rings. The maximum Gasteiger partial charge on any atom is 0.0933 e. The van der Waals surface area contributed by atoms with Gasteiger partial charge >= 0.3 is 0 Å². The summed E-state index contributed by atoms with van der Waals surface area (Å²) in [4.78, 5) is 0. The van der Waals surface area contributed by atoms with Gasteiger partial charge in [0.1, 0.15) is 0 Å². The van der Waals surface area contributed by atoms with E-state index in [1.54, 1.807) is 11.3 Å². The third-order valence-corrected chi connectivity index (χ3v) is 4.14. The molecule has 2 heterocycles. The Morgan fingerprint density at radius 2 is 2.33 bits per heavy atom. The van der Waals surface area contributed by atoms with Gasteiger partial charge in [-0.15, -0.1) is 11.3 Å². The average Bonchev–Trinajstić information content (AvgIpc) is 2.84. The number of fused-ring (bicyclic) bond motifs is 1. The van der Waals surface area contributed by atoms with Crippen LogP contribution in [0.25, 0.3) is 10.1 Å². The van der Waals surface area contributed by atoms with Gasteiger partial charge in [0.05, 0.1) is 25.9 Å². The van der Waals surface area contributed by atoms with Crippen molar-refractivity contribution >= 4 is 21.4 Å². The highest BCUT2D eigenvalue weighted by atomic mass is 32.1. The minimum absolute atomic E-state index is 0.198. The lowest BCUT2D eigenvalue weighted by Crippen LogP contribution is -2.40. The number of thiophene rings is 1. The van der Waals surface area contributed by atoms with E-state index >= 15 is 0 Å². The highest BCUT2D eigenvalue weighted by molar-refractivity contribution is 7.17. The third kappa shape index (κ3) is 2.72. The summed E-state index contributed by atoms with van der Waals surface area (Å²) in [5.74, 6) is 0. The number of hydrogen-bond acceptors (Lipinski definition) is 4. The van der Waals surface area contributed by atoms with Crippen LogP contribution in [0.4, 0.5) is 0 Å². The van der Waals surface area contributed by atoms with Crippen LogP contribution in [-0.2, 0) is 16.1 Å². The molecule has 2 aromatic rings. The zero-order valence-electron chi connectivity index (χ0n) is 10.2. The van der Waals surface area contributed by atoms with Gasteiger partial charge in [-0.25, -0.2) is 0 Å². The van der Waals surface area contributed by atoms with Gasteiger partial charge in [-0.3, -0.25) is 0 Å². The number of benzene rings is 1. The Morgan fingerprint density at radius 1 is 1.39 bits per heavy atom. The van der Waals surface area contributed by atoms with Crippen LogP contribution >= 0.6 is 11.3 Å². The summed E-state index contributed by atoms with van der Waals surface area (Å²) in [6.45, 7) is 3.96. The molecule has 0 radical (unpaired) electrons. The molecule has 0 amide bonds. The molecule has 4 heteroatoms. The van der Waals surface area contributed by atoms with Gasteiger partial charge in [0.25, 0.3) is 0 Å². The fourth-order valence-electron chi connectivity index (χ4n) is 2.17. The molecule has 96 valence electrons. The second-order valence-electron chi connectivity index (χ2n) is 4.47. The van der Waals surface area contributed by atoms with Crippen LogP contribution in [0.3, 0.4) is 0 Å². The molecule has 1 fully saturated rings. The van der Waals surface area contributed by atoms with Gasteiger partial charge < -0.3 is 14.8 Å². The van der Waals surface area contributed by atoms with E-state index in [0.29, 0.717) is 13.2 Å². The number of morpholine rings is 1. The lowest BCUT2D eigenvalue weighted by molar-refractivity contribution is -0.0355. The van der Waals surface area contributed by atoms with E-state index in [1.165, 1.54) is 15.6 Å². The second-order valence-corrected chi connectivity index (χ2v) is 5.38. The quantitative estimate of drug-likeness (QED) is 0.919. The molecule has 18 heavy (non-hydrogen) atoms.